The van der Waals surface area contributed by atoms with Crippen LogP contribution in [0.1, 0.15) is 38.8 Å². The van der Waals surface area contributed by atoms with Crippen molar-refractivity contribution in [2.24, 2.45) is 5.41 Å². The quantitative estimate of drug-likeness (QED) is 0.919. The van der Waals surface area contributed by atoms with E-state index in [0.717, 1.165) is 5.56 Å². The van der Waals surface area contributed by atoms with Crippen molar-refractivity contribution < 1.29 is 4.79 Å². The van der Waals surface area contributed by atoms with Gasteiger partial charge in [0.2, 0.25) is 5.91 Å². The third-order valence-corrected chi connectivity index (χ3v) is 3.04. The number of hydrogen-bond acceptors (Lipinski definition) is 3. The predicted octanol–water partition coefficient (Wildman–Crippen LogP) is 2.57. The van der Waals surface area contributed by atoms with Gasteiger partial charge in [0.1, 0.15) is 0 Å². The minimum Gasteiger partial charge on any atom is -0.347 e. The fraction of sp³-hybridized carbons (Fsp3) is 0.438. The van der Waals surface area contributed by atoms with Crippen molar-refractivity contribution in [3.05, 3.63) is 48.3 Å². The molecular formula is C16H22N4O. The molecule has 2 rings (SSSR count). The van der Waals surface area contributed by atoms with Crippen LogP contribution < -0.4 is 5.32 Å². The van der Waals surface area contributed by atoms with E-state index < -0.39 is 0 Å². The zero-order valence-corrected chi connectivity index (χ0v) is 12.8. The van der Waals surface area contributed by atoms with Gasteiger partial charge in [-0.25, -0.2) is 0 Å². The lowest BCUT2D eigenvalue weighted by Crippen LogP contribution is -2.34. The molecule has 1 N–H and O–H groups in total. The van der Waals surface area contributed by atoms with Crippen LogP contribution in [0.3, 0.4) is 0 Å². The third kappa shape index (κ3) is 5.02. The van der Waals surface area contributed by atoms with Crippen LogP contribution in [0.15, 0.2) is 42.7 Å². The molecule has 0 fully saturated rings. The summed E-state index contributed by atoms with van der Waals surface area (Å²) >= 11 is 0. The van der Waals surface area contributed by atoms with Crippen molar-refractivity contribution in [1.29, 1.82) is 0 Å². The molecule has 112 valence electrons. The third-order valence-electron chi connectivity index (χ3n) is 3.04. The molecule has 21 heavy (non-hydrogen) atoms. The molecule has 5 heteroatoms. The number of rotatable bonds is 5. The minimum absolute atomic E-state index is 0.0325. The Bertz CT molecular complexity index is 558. The first-order valence-electron chi connectivity index (χ1n) is 7.12. The Balaban J connectivity index is 2.11. The van der Waals surface area contributed by atoms with E-state index in [-0.39, 0.29) is 17.4 Å². The Morgan fingerprint density at radius 2 is 1.81 bits per heavy atom. The monoisotopic (exact) mass is 286 g/mol. The van der Waals surface area contributed by atoms with Crippen LogP contribution in [0, 0.1) is 5.41 Å². The number of hydrogen-bond donors (Lipinski definition) is 1. The number of carbonyl (C=O) groups excluding carboxylic acids is 1. The van der Waals surface area contributed by atoms with Crippen molar-refractivity contribution in [3.63, 3.8) is 0 Å². The summed E-state index contributed by atoms with van der Waals surface area (Å²) in [5.74, 6) is 0.0449. The molecule has 0 radical (unpaired) electrons. The summed E-state index contributed by atoms with van der Waals surface area (Å²) in [6.07, 6.45) is 3.76. The van der Waals surface area contributed by atoms with Gasteiger partial charge in [0.25, 0.3) is 0 Å². The van der Waals surface area contributed by atoms with E-state index in [9.17, 15) is 4.79 Å². The van der Waals surface area contributed by atoms with Gasteiger partial charge < -0.3 is 5.32 Å². The maximum Gasteiger partial charge on any atom is 0.221 e. The number of nitrogens with zero attached hydrogens (tertiary/aromatic N) is 3. The Morgan fingerprint density at radius 1 is 1.19 bits per heavy atom. The van der Waals surface area contributed by atoms with Crippen LogP contribution in [0.25, 0.3) is 0 Å². The molecule has 0 saturated heterocycles. The normalized spacial score (nSPS) is 12.9. The van der Waals surface area contributed by atoms with E-state index in [1.165, 1.54) is 0 Å². The lowest BCUT2D eigenvalue weighted by molar-refractivity contribution is -0.123. The number of benzene rings is 1. The van der Waals surface area contributed by atoms with E-state index in [1.807, 2.05) is 30.3 Å². The second kappa shape index (κ2) is 6.52. The van der Waals surface area contributed by atoms with Gasteiger partial charge in [-0.15, -0.1) is 0 Å². The van der Waals surface area contributed by atoms with Crippen molar-refractivity contribution in [1.82, 2.24) is 20.3 Å². The van der Waals surface area contributed by atoms with Crippen LogP contribution in [-0.2, 0) is 11.3 Å². The first kappa shape index (κ1) is 15.2. The van der Waals surface area contributed by atoms with Gasteiger partial charge >= 0.3 is 0 Å². The van der Waals surface area contributed by atoms with E-state index in [4.69, 9.17) is 0 Å². The zero-order chi connectivity index (χ0) is 15.3. The molecule has 2 aromatic rings. The van der Waals surface area contributed by atoms with Gasteiger partial charge in [-0.3, -0.25) is 4.79 Å². The second-order valence-electron chi connectivity index (χ2n) is 6.35. The van der Waals surface area contributed by atoms with Gasteiger partial charge in [-0.1, -0.05) is 51.1 Å². The van der Waals surface area contributed by atoms with Crippen molar-refractivity contribution in [2.75, 3.05) is 0 Å². The molecule has 1 amide bonds. The molecule has 1 unspecified atom stereocenters. The van der Waals surface area contributed by atoms with Crippen molar-refractivity contribution in [3.8, 4) is 0 Å². The first-order valence-corrected chi connectivity index (χ1v) is 7.12. The molecule has 1 aromatic heterocycles. The maximum absolute atomic E-state index is 12.2. The highest BCUT2D eigenvalue weighted by atomic mass is 16.1. The van der Waals surface area contributed by atoms with Crippen LogP contribution in [0.2, 0.25) is 0 Å². The number of nitrogens with one attached hydrogen (secondary N) is 1. The zero-order valence-electron chi connectivity index (χ0n) is 12.8. The molecular weight excluding hydrogens is 264 g/mol. The van der Waals surface area contributed by atoms with Crippen LogP contribution >= 0.6 is 0 Å². The molecule has 5 nitrogen and oxygen atoms in total. The summed E-state index contributed by atoms with van der Waals surface area (Å²) in [5.41, 5.74) is 1.02. The maximum atomic E-state index is 12.2. The highest BCUT2D eigenvalue weighted by Gasteiger charge is 2.20. The molecule has 1 aromatic carbocycles. The van der Waals surface area contributed by atoms with Crippen molar-refractivity contribution >= 4 is 5.91 Å². The Labute approximate surface area is 125 Å². The summed E-state index contributed by atoms with van der Waals surface area (Å²) in [5, 5.41) is 11.3. The van der Waals surface area contributed by atoms with E-state index >= 15 is 0 Å². The predicted molar refractivity (Wildman–Crippen MR) is 81.4 cm³/mol. The lowest BCUT2D eigenvalue weighted by Gasteiger charge is -2.22. The summed E-state index contributed by atoms with van der Waals surface area (Å²) < 4.78 is 0. The SMILES string of the molecule is CC(C)(C)CC(=O)NC(Cn1nccn1)c1ccccc1. The summed E-state index contributed by atoms with van der Waals surface area (Å²) in [4.78, 5) is 13.8. The average Bonchev–Trinajstić information content (AvgIpc) is 2.90. The summed E-state index contributed by atoms with van der Waals surface area (Å²) in [6, 6.07) is 9.78. The Kier molecular flexibility index (Phi) is 4.73. The highest BCUT2D eigenvalue weighted by Crippen LogP contribution is 2.20. The van der Waals surface area contributed by atoms with Gasteiger partial charge in [0.05, 0.1) is 25.0 Å². The Morgan fingerprint density at radius 3 is 2.38 bits per heavy atom. The van der Waals surface area contributed by atoms with Gasteiger partial charge in [0, 0.05) is 6.42 Å². The topological polar surface area (TPSA) is 59.8 Å². The van der Waals surface area contributed by atoms with E-state index in [1.54, 1.807) is 17.2 Å². The molecule has 1 heterocycles. The highest BCUT2D eigenvalue weighted by molar-refractivity contribution is 5.77. The van der Waals surface area contributed by atoms with Crippen LogP contribution in [-0.4, -0.2) is 20.9 Å². The van der Waals surface area contributed by atoms with E-state index in [2.05, 4.69) is 36.3 Å². The summed E-state index contributed by atoms with van der Waals surface area (Å²) in [7, 11) is 0. The van der Waals surface area contributed by atoms with Crippen molar-refractivity contribution in [2.45, 2.75) is 39.8 Å². The number of carbonyl (C=O) groups is 1. The standard InChI is InChI=1S/C16H22N4O/c1-16(2,3)11-15(21)19-14(12-20-17-9-10-18-20)13-7-5-4-6-8-13/h4-10,14H,11-12H2,1-3H3,(H,19,21). The molecule has 1 atom stereocenters. The lowest BCUT2D eigenvalue weighted by atomic mass is 9.91. The average molecular weight is 286 g/mol. The Hall–Kier alpha value is -2.17. The molecule has 0 spiro atoms. The molecule has 0 aliphatic heterocycles. The fourth-order valence-corrected chi connectivity index (χ4v) is 2.15. The van der Waals surface area contributed by atoms with Crippen LogP contribution in [0.5, 0.6) is 0 Å². The molecule has 0 aliphatic carbocycles. The molecule has 0 aliphatic rings. The smallest absolute Gasteiger partial charge is 0.221 e. The van der Waals surface area contributed by atoms with Gasteiger partial charge in [-0.2, -0.15) is 15.0 Å². The molecule has 0 bridgehead atoms. The first-order chi connectivity index (χ1) is 9.94. The number of amides is 1. The van der Waals surface area contributed by atoms with E-state index in [0.29, 0.717) is 13.0 Å². The minimum atomic E-state index is -0.131. The second-order valence-corrected chi connectivity index (χ2v) is 6.35. The summed E-state index contributed by atoms with van der Waals surface area (Å²) in [6.45, 7) is 6.68. The molecule has 0 saturated carbocycles. The van der Waals surface area contributed by atoms with Gasteiger partial charge in [0.15, 0.2) is 0 Å². The fourth-order valence-electron chi connectivity index (χ4n) is 2.15. The number of aromatic nitrogens is 3. The van der Waals surface area contributed by atoms with Gasteiger partial charge in [-0.05, 0) is 11.0 Å². The largest absolute Gasteiger partial charge is 0.347 e. The van der Waals surface area contributed by atoms with Crippen LogP contribution in [0.4, 0.5) is 0 Å².